The van der Waals surface area contributed by atoms with Crippen LogP contribution in [0.15, 0.2) is 24.3 Å². The molecule has 0 bridgehead atoms. The number of pyridine rings is 1. The number of halogens is 1. The summed E-state index contributed by atoms with van der Waals surface area (Å²) in [6, 6.07) is 7.88. The van der Waals surface area contributed by atoms with Gasteiger partial charge in [-0.3, -0.25) is 0 Å². The van der Waals surface area contributed by atoms with E-state index in [-0.39, 0.29) is 0 Å². The first-order valence-corrected chi connectivity index (χ1v) is 6.55. The van der Waals surface area contributed by atoms with Crippen molar-refractivity contribution in [3.63, 3.8) is 0 Å². The molecule has 0 fully saturated rings. The third kappa shape index (κ3) is 1.61. The quantitative estimate of drug-likeness (QED) is 0.644. The van der Waals surface area contributed by atoms with Crippen molar-refractivity contribution in [1.82, 2.24) is 9.55 Å². The smallest absolute Gasteiger partial charge is 0.341 e. The average molecular weight is 289 g/mol. The Hall–Kier alpha value is -2.07. The predicted octanol–water partition coefficient (Wildman–Crippen LogP) is 3.47. The number of aromatic nitrogens is 2. The number of carbonyl (C=O) groups is 1. The number of esters is 1. The maximum Gasteiger partial charge on any atom is 0.341 e. The summed E-state index contributed by atoms with van der Waals surface area (Å²) in [7, 11) is 3.27. The highest BCUT2D eigenvalue weighted by Crippen LogP contribution is 2.35. The summed E-state index contributed by atoms with van der Waals surface area (Å²) in [4.78, 5) is 16.4. The third-order valence-electron chi connectivity index (χ3n) is 3.54. The molecule has 1 aromatic carbocycles. The second kappa shape index (κ2) is 4.49. The Labute approximate surface area is 120 Å². The van der Waals surface area contributed by atoms with Crippen LogP contribution in [0.25, 0.3) is 21.9 Å². The van der Waals surface area contributed by atoms with Gasteiger partial charge in [0.25, 0.3) is 0 Å². The molecule has 2 heterocycles. The zero-order chi connectivity index (χ0) is 14.4. The van der Waals surface area contributed by atoms with Gasteiger partial charge in [0, 0.05) is 17.8 Å². The van der Waals surface area contributed by atoms with Crippen LogP contribution in [0.4, 0.5) is 0 Å². The number of methoxy groups -OCH3 is 1. The van der Waals surface area contributed by atoms with Gasteiger partial charge in [-0.05, 0) is 13.0 Å². The molecule has 3 aromatic rings. The van der Waals surface area contributed by atoms with Crippen molar-refractivity contribution in [2.24, 2.45) is 7.05 Å². The molecule has 3 rings (SSSR count). The maximum absolute atomic E-state index is 11.9. The molecule has 0 aliphatic heterocycles. The number of hydrogen-bond acceptors (Lipinski definition) is 3. The number of aryl methyl sites for hydroxylation is 2. The number of ether oxygens (including phenoxy) is 1. The van der Waals surface area contributed by atoms with Gasteiger partial charge < -0.3 is 9.30 Å². The van der Waals surface area contributed by atoms with Crippen LogP contribution in [0.2, 0.25) is 5.02 Å². The largest absolute Gasteiger partial charge is 0.465 e. The molecule has 20 heavy (non-hydrogen) atoms. The molecule has 0 radical (unpaired) electrons. The first kappa shape index (κ1) is 12.9. The summed E-state index contributed by atoms with van der Waals surface area (Å²) in [5.41, 5.74) is 2.69. The van der Waals surface area contributed by atoms with Gasteiger partial charge in [-0.1, -0.05) is 29.8 Å². The Morgan fingerprint density at radius 1 is 1.35 bits per heavy atom. The molecule has 0 unspecified atom stereocenters. The van der Waals surface area contributed by atoms with Crippen molar-refractivity contribution < 1.29 is 9.53 Å². The molecule has 5 heteroatoms. The Balaban J connectivity index is 2.54. The minimum atomic E-state index is -0.463. The van der Waals surface area contributed by atoms with Gasteiger partial charge in [0.1, 0.15) is 11.2 Å². The summed E-state index contributed by atoms with van der Waals surface area (Å²) in [5, 5.41) is 2.17. The van der Waals surface area contributed by atoms with Gasteiger partial charge in [-0.15, -0.1) is 0 Å². The standard InChI is InChI=1S/C15H13ClN2O2/c1-8-11(15(19)20-3)13(16)12-9-6-4-5-7-10(9)18(2)14(12)17-8/h4-7H,1-3H3. The highest BCUT2D eigenvalue weighted by molar-refractivity contribution is 6.40. The molecule has 4 nitrogen and oxygen atoms in total. The fourth-order valence-corrected chi connectivity index (χ4v) is 2.97. The summed E-state index contributed by atoms with van der Waals surface area (Å²) in [6.07, 6.45) is 0. The molecule has 0 aliphatic carbocycles. The number of rotatable bonds is 1. The average Bonchev–Trinajstić information content (AvgIpc) is 2.72. The van der Waals surface area contributed by atoms with Crippen molar-refractivity contribution in [3.8, 4) is 0 Å². The second-order valence-corrected chi connectivity index (χ2v) is 5.03. The van der Waals surface area contributed by atoms with E-state index in [4.69, 9.17) is 16.3 Å². The summed E-state index contributed by atoms with van der Waals surface area (Å²) >= 11 is 6.46. The topological polar surface area (TPSA) is 44.1 Å². The predicted molar refractivity (Wildman–Crippen MR) is 79.3 cm³/mol. The molecule has 0 saturated heterocycles. The number of benzene rings is 1. The Bertz CT molecular complexity index is 852. The molecule has 102 valence electrons. The van der Waals surface area contributed by atoms with Crippen LogP contribution >= 0.6 is 11.6 Å². The van der Waals surface area contributed by atoms with E-state index in [1.165, 1.54) is 7.11 Å². The maximum atomic E-state index is 11.9. The van der Waals surface area contributed by atoms with Crippen molar-refractivity contribution in [2.75, 3.05) is 7.11 Å². The molecular weight excluding hydrogens is 276 g/mol. The number of hydrogen-bond donors (Lipinski definition) is 0. The number of nitrogens with zero attached hydrogens (tertiary/aromatic N) is 2. The number of carbonyl (C=O) groups excluding carboxylic acids is 1. The van der Waals surface area contributed by atoms with Gasteiger partial charge in [-0.2, -0.15) is 0 Å². The second-order valence-electron chi connectivity index (χ2n) is 4.65. The molecule has 2 aromatic heterocycles. The van der Waals surface area contributed by atoms with Crippen LogP contribution in [0.5, 0.6) is 0 Å². The van der Waals surface area contributed by atoms with Gasteiger partial charge in [-0.25, -0.2) is 9.78 Å². The van der Waals surface area contributed by atoms with E-state index in [1.807, 2.05) is 35.9 Å². The van der Waals surface area contributed by atoms with Crippen molar-refractivity contribution in [1.29, 1.82) is 0 Å². The van der Waals surface area contributed by atoms with E-state index in [9.17, 15) is 4.79 Å². The van der Waals surface area contributed by atoms with Crippen LogP contribution in [-0.2, 0) is 11.8 Å². The van der Waals surface area contributed by atoms with E-state index in [0.717, 1.165) is 21.9 Å². The molecule has 0 N–H and O–H groups in total. The van der Waals surface area contributed by atoms with Gasteiger partial charge in [0.05, 0.1) is 23.3 Å². The lowest BCUT2D eigenvalue weighted by atomic mass is 10.1. The zero-order valence-corrected chi connectivity index (χ0v) is 12.2. The lowest BCUT2D eigenvalue weighted by molar-refractivity contribution is 0.0600. The van der Waals surface area contributed by atoms with Gasteiger partial charge in [0.15, 0.2) is 0 Å². The third-order valence-corrected chi connectivity index (χ3v) is 3.92. The SMILES string of the molecule is COC(=O)c1c(C)nc2c(c1Cl)c1ccccc1n2C. The minimum Gasteiger partial charge on any atom is -0.465 e. The normalized spacial score (nSPS) is 11.2. The van der Waals surface area contributed by atoms with Crippen molar-refractivity contribution in [3.05, 3.63) is 40.5 Å². The number of para-hydroxylation sites is 1. The van der Waals surface area contributed by atoms with Crippen molar-refractivity contribution in [2.45, 2.75) is 6.92 Å². The Morgan fingerprint density at radius 2 is 2.05 bits per heavy atom. The van der Waals surface area contributed by atoms with E-state index >= 15 is 0 Å². The van der Waals surface area contributed by atoms with Gasteiger partial charge >= 0.3 is 5.97 Å². The highest BCUT2D eigenvalue weighted by Gasteiger charge is 2.22. The van der Waals surface area contributed by atoms with Crippen LogP contribution in [-0.4, -0.2) is 22.6 Å². The summed E-state index contributed by atoms with van der Waals surface area (Å²) in [6.45, 7) is 1.76. The Kier molecular flexibility index (Phi) is 2.91. The van der Waals surface area contributed by atoms with Gasteiger partial charge in [0.2, 0.25) is 0 Å². The molecule has 0 saturated carbocycles. The first-order valence-electron chi connectivity index (χ1n) is 6.17. The van der Waals surface area contributed by atoms with Crippen LogP contribution in [0.3, 0.4) is 0 Å². The van der Waals surface area contributed by atoms with Crippen molar-refractivity contribution >= 4 is 39.5 Å². The fourth-order valence-electron chi connectivity index (χ4n) is 2.57. The molecular formula is C15H13ClN2O2. The summed E-state index contributed by atoms with van der Waals surface area (Å²) in [5.74, 6) is -0.463. The van der Waals surface area contributed by atoms with E-state index in [1.54, 1.807) is 6.92 Å². The molecule has 0 amide bonds. The minimum absolute atomic E-state index is 0.331. The highest BCUT2D eigenvalue weighted by atomic mass is 35.5. The number of fused-ring (bicyclic) bond motifs is 3. The molecule has 0 aliphatic rings. The lowest BCUT2D eigenvalue weighted by Crippen LogP contribution is -2.07. The van der Waals surface area contributed by atoms with Crippen LogP contribution in [0.1, 0.15) is 16.1 Å². The summed E-state index contributed by atoms with van der Waals surface area (Å²) < 4.78 is 6.77. The lowest BCUT2D eigenvalue weighted by Gasteiger charge is -2.07. The fraction of sp³-hybridized carbons (Fsp3) is 0.200. The van der Waals surface area contributed by atoms with E-state index < -0.39 is 5.97 Å². The van der Waals surface area contributed by atoms with E-state index in [2.05, 4.69) is 4.98 Å². The van der Waals surface area contributed by atoms with Crippen LogP contribution in [0, 0.1) is 6.92 Å². The van der Waals surface area contributed by atoms with Crippen LogP contribution < -0.4 is 0 Å². The zero-order valence-electron chi connectivity index (χ0n) is 11.4. The molecule has 0 spiro atoms. The van der Waals surface area contributed by atoms with E-state index in [0.29, 0.717) is 16.3 Å². The monoisotopic (exact) mass is 288 g/mol. The molecule has 0 atom stereocenters. The Morgan fingerprint density at radius 3 is 2.75 bits per heavy atom. The first-order chi connectivity index (χ1) is 9.56.